The van der Waals surface area contributed by atoms with Crippen molar-refractivity contribution in [3.63, 3.8) is 0 Å². The Morgan fingerprint density at radius 1 is 1.86 bits per heavy atom. The molecule has 0 bridgehead atoms. The first kappa shape index (κ1) is 4.65. The summed E-state index contributed by atoms with van der Waals surface area (Å²) in [4.78, 5) is 0. The van der Waals surface area contributed by atoms with Gasteiger partial charge < -0.3 is 4.74 Å². The van der Waals surface area contributed by atoms with E-state index in [1.54, 1.807) is 6.26 Å². The lowest BCUT2D eigenvalue weighted by Crippen LogP contribution is -2.34. The molecule has 2 N–H and O–H groups in total. The molecule has 1 rings (SSSR count). The van der Waals surface area contributed by atoms with Crippen LogP contribution in [0.5, 0.6) is 0 Å². The summed E-state index contributed by atoms with van der Waals surface area (Å²) in [5.74, 6) is 0. The molecule has 0 radical (unpaired) electrons. The zero-order valence-corrected chi connectivity index (χ0v) is 4.35. The minimum absolute atomic E-state index is 0.417. The van der Waals surface area contributed by atoms with E-state index in [4.69, 9.17) is 10.5 Å². The Morgan fingerprint density at radius 2 is 2.57 bits per heavy atom. The first-order valence-electron chi connectivity index (χ1n) is 2.32. The van der Waals surface area contributed by atoms with Crippen LogP contribution in [0, 0.1) is 0 Å². The molecule has 1 atom stereocenters. The third kappa shape index (κ3) is 0.933. The van der Waals surface area contributed by atoms with Crippen LogP contribution in [-0.4, -0.2) is 5.72 Å². The van der Waals surface area contributed by atoms with Crippen LogP contribution in [-0.2, 0) is 4.74 Å². The average molecular weight is 99.1 g/mol. The Labute approximate surface area is 43.0 Å². The van der Waals surface area contributed by atoms with Gasteiger partial charge in [0.25, 0.3) is 0 Å². The Morgan fingerprint density at radius 3 is 2.71 bits per heavy atom. The van der Waals surface area contributed by atoms with E-state index in [-0.39, 0.29) is 0 Å². The Kier molecular flexibility index (Phi) is 0.820. The summed E-state index contributed by atoms with van der Waals surface area (Å²) < 4.78 is 4.94. The highest BCUT2D eigenvalue weighted by molar-refractivity contribution is 4.91. The number of hydrogen-bond acceptors (Lipinski definition) is 2. The van der Waals surface area contributed by atoms with Gasteiger partial charge >= 0.3 is 0 Å². The quantitative estimate of drug-likeness (QED) is 0.482. The van der Waals surface area contributed by atoms with Gasteiger partial charge in [0.05, 0.1) is 6.26 Å². The van der Waals surface area contributed by atoms with Gasteiger partial charge in [-0.05, 0) is 13.0 Å². The van der Waals surface area contributed by atoms with E-state index < -0.39 is 5.72 Å². The molecule has 7 heavy (non-hydrogen) atoms. The monoisotopic (exact) mass is 99.1 g/mol. The van der Waals surface area contributed by atoms with Crippen LogP contribution in [0.1, 0.15) is 13.3 Å². The summed E-state index contributed by atoms with van der Waals surface area (Å²) in [5.41, 5.74) is 5.08. The average Bonchev–Trinajstić information content (AvgIpc) is 1.84. The molecule has 1 heterocycles. The highest BCUT2D eigenvalue weighted by Gasteiger charge is 2.19. The van der Waals surface area contributed by atoms with E-state index in [1.165, 1.54) is 0 Å². The van der Waals surface area contributed by atoms with Gasteiger partial charge in [0.15, 0.2) is 5.72 Å². The van der Waals surface area contributed by atoms with Gasteiger partial charge in [-0.1, -0.05) is 0 Å². The van der Waals surface area contributed by atoms with Crippen molar-refractivity contribution >= 4 is 0 Å². The van der Waals surface area contributed by atoms with E-state index in [1.807, 2.05) is 13.0 Å². The van der Waals surface area contributed by atoms with E-state index in [0.29, 0.717) is 0 Å². The largest absolute Gasteiger partial charge is 0.481 e. The third-order valence-corrected chi connectivity index (χ3v) is 0.957. The lowest BCUT2D eigenvalue weighted by atomic mass is 10.2. The van der Waals surface area contributed by atoms with Crippen molar-refractivity contribution in [1.82, 2.24) is 0 Å². The molecule has 0 saturated heterocycles. The van der Waals surface area contributed by atoms with Crippen LogP contribution in [0.15, 0.2) is 12.3 Å². The zero-order valence-electron chi connectivity index (χ0n) is 4.35. The third-order valence-electron chi connectivity index (χ3n) is 0.957. The summed E-state index contributed by atoms with van der Waals surface area (Å²) in [6.45, 7) is 1.85. The fourth-order valence-electron chi connectivity index (χ4n) is 0.534. The van der Waals surface area contributed by atoms with Crippen molar-refractivity contribution in [3.8, 4) is 0 Å². The first-order chi connectivity index (χ1) is 3.21. The first-order valence-corrected chi connectivity index (χ1v) is 2.32. The van der Waals surface area contributed by atoms with Gasteiger partial charge in [-0.25, -0.2) is 0 Å². The van der Waals surface area contributed by atoms with Crippen LogP contribution in [0.4, 0.5) is 0 Å². The van der Waals surface area contributed by atoms with Crippen LogP contribution in [0.2, 0.25) is 0 Å². The Balaban J connectivity index is 2.49. The molecular weight excluding hydrogens is 90.1 g/mol. The fraction of sp³-hybridized carbons (Fsp3) is 0.600. The molecule has 0 spiro atoms. The van der Waals surface area contributed by atoms with Crippen LogP contribution < -0.4 is 5.73 Å². The molecule has 2 heteroatoms. The highest BCUT2D eigenvalue weighted by atomic mass is 16.5. The van der Waals surface area contributed by atoms with Gasteiger partial charge in [0, 0.05) is 6.42 Å². The molecule has 0 aromatic rings. The Bertz CT molecular complexity index is 86.3. The van der Waals surface area contributed by atoms with Crippen LogP contribution in [0.25, 0.3) is 0 Å². The van der Waals surface area contributed by atoms with Crippen molar-refractivity contribution in [2.24, 2.45) is 5.73 Å². The van der Waals surface area contributed by atoms with Crippen molar-refractivity contribution in [2.75, 3.05) is 0 Å². The molecule has 1 unspecified atom stereocenters. The maximum Gasteiger partial charge on any atom is 0.158 e. The van der Waals surface area contributed by atoms with Crippen molar-refractivity contribution in [1.29, 1.82) is 0 Å². The van der Waals surface area contributed by atoms with E-state index in [2.05, 4.69) is 0 Å². The molecule has 0 saturated carbocycles. The van der Waals surface area contributed by atoms with Gasteiger partial charge in [0.2, 0.25) is 0 Å². The molecule has 0 aromatic carbocycles. The zero-order chi connectivity index (χ0) is 5.33. The number of hydrogen-bond donors (Lipinski definition) is 1. The van der Waals surface area contributed by atoms with Crippen molar-refractivity contribution in [2.45, 2.75) is 19.1 Å². The second-order valence-corrected chi connectivity index (χ2v) is 2.01. The molecule has 1 aliphatic heterocycles. The van der Waals surface area contributed by atoms with Gasteiger partial charge in [0.1, 0.15) is 0 Å². The summed E-state index contributed by atoms with van der Waals surface area (Å²) in [6, 6.07) is 0. The molecule has 0 amide bonds. The summed E-state index contributed by atoms with van der Waals surface area (Å²) in [5, 5.41) is 0. The van der Waals surface area contributed by atoms with Crippen molar-refractivity contribution in [3.05, 3.63) is 12.3 Å². The second-order valence-electron chi connectivity index (χ2n) is 2.01. The van der Waals surface area contributed by atoms with Crippen LogP contribution >= 0.6 is 0 Å². The fourth-order valence-corrected chi connectivity index (χ4v) is 0.534. The van der Waals surface area contributed by atoms with Gasteiger partial charge in [-0.3, -0.25) is 5.73 Å². The highest BCUT2D eigenvalue weighted by Crippen LogP contribution is 2.14. The second kappa shape index (κ2) is 1.23. The van der Waals surface area contributed by atoms with Crippen molar-refractivity contribution < 1.29 is 4.74 Å². The standard InChI is InChI=1S/C5H9NO/c1-5(6)3-2-4-7-5/h2,4H,3,6H2,1H3. The molecule has 0 fully saturated rings. The summed E-state index contributed by atoms with van der Waals surface area (Å²) in [6.07, 6.45) is 4.38. The molecular formula is C5H9NO. The smallest absolute Gasteiger partial charge is 0.158 e. The molecule has 1 aliphatic rings. The SMILES string of the molecule is CC1(N)CC=CO1. The van der Waals surface area contributed by atoms with E-state index >= 15 is 0 Å². The predicted octanol–water partition coefficient (Wildman–Crippen LogP) is 0.595. The number of nitrogens with two attached hydrogens (primary N) is 1. The molecule has 2 nitrogen and oxygen atoms in total. The van der Waals surface area contributed by atoms with E-state index in [9.17, 15) is 0 Å². The van der Waals surface area contributed by atoms with Gasteiger partial charge in [-0.2, -0.15) is 0 Å². The lowest BCUT2D eigenvalue weighted by molar-refractivity contribution is 0.0703. The van der Waals surface area contributed by atoms with Crippen LogP contribution in [0.3, 0.4) is 0 Å². The van der Waals surface area contributed by atoms with Gasteiger partial charge in [-0.15, -0.1) is 0 Å². The topological polar surface area (TPSA) is 35.2 Å². The molecule has 40 valence electrons. The maximum absolute atomic E-state index is 5.49. The summed E-state index contributed by atoms with van der Waals surface area (Å²) >= 11 is 0. The molecule has 0 aliphatic carbocycles. The minimum Gasteiger partial charge on any atom is -0.481 e. The Hall–Kier alpha value is -0.500. The normalized spacial score (nSPS) is 38.6. The maximum atomic E-state index is 5.49. The number of rotatable bonds is 0. The number of ether oxygens (including phenoxy) is 1. The van der Waals surface area contributed by atoms with E-state index in [0.717, 1.165) is 6.42 Å². The predicted molar refractivity (Wildman–Crippen MR) is 27.4 cm³/mol. The minimum atomic E-state index is -0.417. The lowest BCUT2D eigenvalue weighted by Gasteiger charge is -2.15. The molecule has 0 aromatic heterocycles. The summed E-state index contributed by atoms with van der Waals surface area (Å²) in [7, 11) is 0.